The molecule has 0 saturated carbocycles. The van der Waals surface area contributed by atoms with E-state index in [0.29, 0.717) is 19.4 Å². The van der Waals surface area contributed by atoms with Gasteiger partial charge in [0, 0.05) is 12.1 Å². The van der Waals surface area contributed by atoms with Crippen molar-refractivity contribution in [3.05, 3.63) is 58.7 Å². The van der Waals surface area contributed by atoms with E-state index in [-0.39, 0.29) is 18.4 Å². The first-order chi connectivity index (χ1) is 12.9. The number of ether oxygens (including phenoxy) is 1. The minimum absolute atomic E-state index is 0.0329. The number of amides is 2. The van der Waals surface area contributed by atoms with Crippen LogP contribution in [0.25, 0.3) is 0 Å². The number of hydrogen-bond donors (Lipinski definition) is 2. The minimum atomic E-state index is -0.223. The normalized spacial score (nSPS) is 10.4. The van der Waals surface area contributed by atoms with Crippen molar-refractivity contribution in [2.75, 3.05) is 18.5 Å². The van der Waals surface area contributed by atoms with Crippen molar-refractivity contribution in [2.24, 2.45) is 0 Å². The van der Waals surface area contributed by atoms with Gasteiger partial charge in [0.2, 0.25) is 11.8 Å². The predicted molar refractivity (Wildman–Crippen MR) is 108 cm³/mol. The van der Waals surface area contributed by atoms with Crippen LogP contribution in [0.1, 0.15) is 35.6 Å². The molecule has 0 aliphatic carbocycles. The molecule has 2 amide bonds. The summed E-state index contributed by atoms with van der Waals surface area (Å²) in [7, 11) is 0. The fourth-order valence-corrected chi connectivity index (χ4v) is 3.00. The van der Waals surface area contributed by atoms with Crippen LogP contribution in [-0.2, 0) is 16.0 Å². The molecule has 2 rings (SSSR count). The lowest BCUT2D eigenvalue weighted by atomic mass is 10.1. The number of hydrogen-bond acceptors (Lipinski definition) is 3. The average Bonchev–Trinajstić information content (AvgIpc) is 2.62. The Labute approximate surface area is 161 Å². The first kappa shape index (κ1) is 20.5. The number of aryl methyl sites for hydroxylation is 4. The predicted octanol–water partition coefficient (Wildman–Crippen LogP) is 3.70. The summed E-state index contributed by atoms with van der Waals surface area (Å²) >= 11 is 0. The van der Waals surface area contributed by atoms with Gasteiger partial charge in [-0.25, -0.2) is 0 Å². The largest absolute Gasteiger partial charge is 0.494 e. The van der Waals surface area contributed by atoms with E-state index in [1.165, 1.54) is 0 Å². The third-order valence-electron chi connectivity index (χ3n) is 4.26. The van der Waals surface area contributed by atoms with Gasteiger partial charge in [0.15, 0.2) is 0 Å². The molecule has 2 N–H and O–H groups in total. The molecule has 0 aliphatic heterocycles. The summed E-state index contributed by atoms with van der Waals surface area (Å²) in [6, 6.07) is 11.8. The lowest BCUT2D eigenvalue weighted by molar-refractivity contribution is -0.124. The number of carbonyl (C=O) groups is 2. The Bertz CT molecular complexity index is 775. The highest BCUT2D eigenvalue weighted by Crippen LogP contribution is 2.21. The highest BCUT2D eigenvalue weighted by molar-refractivity contribution is 5.95. The quantitative estimate of drug-likeness (QED) is 0.747. The molecule has 0 saturated heterocycles. The number of carbonyl (C=O) groups excluding carboxylic acids is 2. The Hall–Kier alpha value is -2.82. The Morgan fingerprint density at radius 2 is 1.59 bits per heavy atom. The molecule has 27 heavy (non-hydrogen) atoms. The van der Waals surface area contributed by atoms with Gasteiger partial charge in [-0.15, -0.1) is 0 Å². The second kappa shape index (κ2) is 9.76. The van der Waals surface area contributed by atoms with Crippen LogP contribution >= 0.6 is 0 Å². The third-order valence-corrected chi connectivity index (χ3v) is 4.26. The maximum absolute atomic E-state index is 12.1. The molecule has 0 radical (unpaired) electrons. The summed E-state index contributed by atoms with van der Waals surface area (Å²) in [6.45, 7) is 8.49. The molecule has 0 unspecified atom stereocenters. The highest BCUT2D eigenvalue weighted by atomic mass is 16.5. The van der Waals surface area contributed by atoms with Crippen molar-refractivity contribution in [1.29, 1.82) is 0 Å². The van der Waals surface area contributed by atoms with Crippen LogP contribution in [0.15, 0.2) is 36.4 Å². The molecule has 0 fully saturated rings. The van der Waals surface area contributed by atoms with Gasteiger partial charge in [-0.1, -0.05) is 29.8 Å². The highest BCUT2D eigenvalue weighted by Gasteiger charge is 2.10. The molecule has 0 atom stereocenters. The van der Waals surface area contributed by atoms with Crippen molar-refractivity contribution < 1.29 is 14.3 Å². The standard InChI is InChI=1S/C22H28N2O3/c1-5-27-19-9-6-18(7-10-19)8-11-20(25)23-14-21(26)24-22-16(3)12-15(2)13-17(22)4/h6-7,9-10,12-13H,5,8,11,14H2,1-4H3,(H,23,25)(H,24,26). The maximum atomic E-state index is 12.1. The third kappa shape index (κ3) is 6.44. The first-order valence-corrected chi connectivity index (χ1v) is 9.25. The molecular weight excluding hydrogens is 340 g/mol. The Kier molecular flexibility index (Phi) is 7.41. The zero-order valence-corrected chi connectivity index (χ0v) is 16.5. The average molecular weight is 368 g/mol. The summed E-state index contributed by atoms with van der Waals surface area (Å²) in [4.78, 5) is 24.1. The smallest absolute Gasteiger partial charge is 0.243 e. The van der Waals surface area contributed by atoms with Crippen LogP contribution in [0, 0.1) is 20.8 Å². The van der Waals surface area contributed by atoms with Gasteiger partial charge in [0.1, 0.15) is 5.75 Å². The van der Waals surface area contributed by atoms with E-state index in [9.17, 15) is 9.59 Å². The first-order valence-electron chi connectivity index (χ1n) is 9.25. The molecule has 0 aromatic heterocycles. The Morgan fingerprint density at radius 1 is 0.963 bits per heavy atom. The number of anilines is 1. The molecule has 2 aromatic rings. The molecular formula is C22H28N2O3. The van der Waals surface area contributed by atoms with Crippen LogP contribution < -0.4 is 15.4 Å². The summed E-state index contributed by atoms with van der Waals surface area (Å²) in [5, 5.41) is 5.56. The molecule has 5 heteroatoms. The van der Waals surface area contributed by atoms with E-state index in [4.69, 9.17) is 4.74 Å². The molecule has 2 aromatic carbocycles. The van der Waals surface area contributed by atoms with Gasteiger partial charge >= 0.3 is 0 Å². The van der Waals surface area contributed by atoms with Gasteiger partial charge in [0.05, 0.1) is 13.2 Å². The molecule has 0 bridgehead atoms. The lowest BCUT2D eigenvalue weighted by Crippen LogP contribution is -2.33. The topological polar surface area (TPSA) is 67.4 Å². The van der Waals surface area contributed by atoms with E-state index < -0.39 is 0 Å². The van der Waals surface area contributed by atoms with Crippen LogP contribution in [-0.4, -0.2) is 25.0 Å². The van der Waals surface area contributed by atoms with E-state index >= 15 is 0 Å². The summed E-state index contributed by atoms with van der Waals surface area (Å²) < 4.78 is 5.40. The number of nitrogens with one attached hydrogen (secondary N) is 2. The SMILES string of the molecule is CCOc1ccc(CCC(=O)NCC(=O)Nc2c(C)cc(C)cc2C)cc1. The van der Waals surface area contributed by atoms with Crippen molar-refractivity contribution in [2.45, 2.75) is 40.5 Å². The van der Waals surface area contributed by atoms with Crippen molar-refractivity contribution in [3.8, 4) is 5.75 Å². The van der Waals surface area contributed by atoms with E-state index in [1.807, 2.05) is 64.1 Å². The van der Waals surface area contributed by atoms with Crippen LogP contribution in [0.5, 0.6) is 5.75 Å². The summed E-state index contributed by atoms with van der Waals surface area (Å²) in [5.74, 6) is 0.458. The van der Waals surface area contributed by atoms with Gasteiger partial charge in [-0.3, -0.25) is 9.59 Å². The number of benzene rings is 2. The molecule has 5 nitrogen and oxygen atoms in total. The van der Waals surface area contributed by atoms with Crippen molar-refractivity contribution in [3.63, 3.8) is 0 Å². The van der Waals surface area contributed by atoms with Gasteiger partial charge < -0.3 is 15.4 Å². The van der Waals surface area contributed by atoms with E-state index in [1.54, 1.807) is 0 Å². The zero-order chi connectivity index (χ0) is 19.8. The number of rotatable bonds is 8. The van der Waals surface area contributed by atoms with Crippen molar-refractivity contribution in [1.82, 2.24) is 5.32 Å². The van der Waals surface area contributed by atoms with Crippen LogP contribution in [0.4, 0.5) is 5.69 Å². The van der Waals surface area contributed by atoms with Crippen LogP contribution in [0.3, 0.4) is 0 Å². The summed E-state index contributed by atoms with van der Waals surface area (Å²) in [5.41, 5.74) is 5.06. The summed E-state index contributed by atoms with van der Waals surface area (Å²) in [6.07, 6.45) is 0.958. The Morgan fingerprint density at radius 3 is 2.19 bits per heavy atom. The van der Waals surface area contributed by atoms with Gasteiger partial charge in [-0.05, 0) is 62.9 Å². The monoisotopic (exact) mass is 368 g/mol. The van der Waals surface area contributed by atoms with Gasteiger partial charge in [0.25, 0.3) is 0 Å². The molecule has 0 heterocycles. The van der Waals surface area contributed by atoms with Crippen molar-refractivity contribution >= 4 is 17.5 Å². The fourth-order valence-electron chi connectivity index (χ4n) is 3.00. The second-order valence-electron chi connectivity index (χ2n) is 6.68. The molecule has 0 aliphatic rings. The zero-order valence-electron chi connectivity index (χ0n) is 16.5. The van der Waals surface area contributed by atoms with E-state index in [0.717, 1.165) is 33.7 Å². The molecule has 0 spiro atoms. The molecule has 144 valence electrons. The second-order valence-corrected chi connectivity index (χ2v) is 6.68. The maximum Gasteiger partial charge on any atom is 0.243 e. The van der Waals surface area contributed by atoms with Crippen LogP contribution in [0.2, 0.25) is 0 Å². The minimum Gasteiger partial charge on any atom is -0.494 e. The Balaban J connectivity index is 1.77. The fraction of sp³-hybridized carbons (Fsp3) is 0.364. The van der Waals surface area contributed by atoms with Gasteiger partial charge in [-0.2, -0.15) is 0 Å². The van der Waals surface area contributed by atoms with E-state index in [2.05, 4.69) is 10.6 Å². The lowest BCUT2D eigenvalue weighted by Gasteiger charge is -2.13.